The van der Waals surface area contributed by atoms with Crippen molar-refractivity contribution in [3.8, 4) is 0 Å². The SMILES string of the molecule is Cc1ccc(Br)cc1C(=O)NCc1cn[nH]c1. The lowest BCUT2D eigenvalue weighted by atomic mass is 10.1. The highest BCUT2D eigenvalue weighted by Crippen LogP contribution is 2.16. The maximum atomic E-state index is 12.0. The first kappa shape index (κ1) is 11.9. The van der Waals surface area contributed by atoms with E-state index in [1.54, 1.807) is 12.4 Å². The van der Waals surface area contributed by atoms with Gasteiger partial charge in [-0.3, -0.25) is 9.89 Å². The number of benzene rings is 1. The summed E-state index contributed by atoms with van der Waals surface area (Å²) < 4.78 is 0.900. The molecule has 5 heteroatoms. The number of halogens is 1. The predicted octanol–water partition coefficient (Wildman–Crippen LogP) is 2.41. The highest BCUT2D eigenvalue weighted by Gasteiger charge is 2.09. The second-order valence-corrected chi connectivity index (χ2v) is 4.66. The molecule has 0 saturated heterocycles. The zero-order valence-corrected chi connectivity index (χ0v) is 10.9. The van der Waals surface area contributed by atoms with Crippen LogP contribution in [0.15, 0.2) is 35.1 Å². The van der Waals surface area contributed by atoms with Crippen LogP contribution in [0.3, 0.4) is 0 Å². The minimum absolute atomic E-state index is 0.0787. The van der Waals surface area contributed by atoms with Gasteiger partial charge in [0.1, 0.15) is 0 Å². The quantitative estimate of drug-likeness (QED) is 0.913. The Morgan fingerprint density at radius 1 is 1.53 bits per heavy atom. The minimum Gasteiger partial charge on any atom is -0.348 e. The molecule has 0 unspecified atom stereocenters. The number of carbonyl (C=O) groups excluding carboxylic acids is 1. The van der Waals surface area contributed by atoms with Crippen molar-refractivity contribution in [1.82, 2.24) is 15.5 Å². The fourth-order valence-electron chi connectivity index (χ4n) is 1.49. The molecule has 1 aromatic carbocycles. The van der Waals surface area contributed by atoms with Crippen LogP contribution in [0, 0.1) is 6.92 Å². The number of aryl methyl sites for hydroxylation is 1. The van der Waals surface area contributed by atoms with Gasteiger partial charge in [-0.2, -0.15) is 5.10 Å². The predicted molar refractivity (Wildman–Crippen MR) is 68.6 cm³/mol. The smallest absolute Gasteiger partial charge is 0.251 e. The Morgan fingerprint density at radius 3 is 3.06 bits per heavy atom. The number of nitrogens with zero attached hydrogens (tertiary/aromatic N) is 1. The van der Waals surface area contributed by atoms with Crippen LogP contribution >= 0.6 is 15.9 Å². The molecule has 88 valence electrons. The summed E-state index contributed by atoms with van der Waals surface area (Å²) in [4.78, 5) is 12.0. The van der Waals surface area contributed by atoms with Gasteiger partial charge in [-0.15, -0.1) is 0 Å². The van der Waals surface area contributed by atoms with E-state index in [-0.39, 0.29) is 5.91 Å². The number of hydrogen-bond acceptors (Lipinski definition) is 2. The number of amides is 1. The average Bonchev–Trinajstić information content (AvgIpc) is 2.82. The second kappa shape index (κ2) is 5.14. The highest BCUT2D eigenvalue weighted by molar-refractivity contribution is 9.10. The van der Waals surface area contributed by atoms with E-state index in [1.807, 2.05) is 25.1 Å². The minimum atomic E-state index is -0.0787. The summed E-state index contributed by atoms with van der Waals surface area (Å²) >= 11 is 3.36. The van der Waals surface area contributed by atoms with Crippen molar-refractivity contribution >= 4 is 21.8 Å². The third-order valence-electron chi connectivity index (χ3n) is 2.45. The molecule has 0 aliphatic rings. The first-order valence-corrected chi connectivity index (χ1v) is 5.98. The number of rotatable bonds is 3. The molecule has 1 amide bonds. The third kappa shape index (κ3) is 2.94. The Bertz CT molecular complexity index is 523. The van der Waals surface area contributed by atoms with Crippen molar-refractivity contribution in [2.75, 3.05) is 0 Å². The molecule has 0 aliphatic heterocycles. The molecule has 0 bridgehead atoms. The molecule has 0 atom stereocenters. The van der Waals surface area contributed by atoms with Crippen molar-refractivity contribution in [2.45, 2.75) is 13.5 Å². The van der Waals surface area contributed by atoms with Gasteiger partial charge in [0.15, 0.2) is 0 Å². The normalized spacial score (nSPS) is 10.2. The van der Waals surface area contributed by atoms with Crippen LogP contribution in [-0.2, 0) is 6.54 Å². The van der Waals surface area contributed by atoms with Crippen LogP contribution in [0.25, 0.3) is 0 Å². The Balaban J connectivity index is 2.07. The van der Waals surface area contributed by atoms with E-state index < -0.39 is 0 Å². The summed E-state index contributed by atoms with van der Waals surface area (Å²) in [6.45, 7) is 2.39. The molecule has 2 N–H and O–H groups in total. The van der Waals surface area contributed by atoms with Crippen molar-refractivity contribution in [1.29, 1.82) is 0 Å². The average molecular weight is 294 g/mol. The van der Waals surface area contributed by atoms with Crippen LogP contribution in [-0.4, -0.2) is 16.1 Å². The number of carbonyl (C=O) groups is 1. The molecule has 1 aromatic heterocycles. The second-order valence-electron chi connectivity index (χ2n) is 3.75. The Labute approximate surface area is 108 Å². The fourth-order valence-corrected chi connectivity index (χ4v) is 1.85. The van der Waals surface area contributed by atoms with E-state index in [0.29, 0.717) is 12.1 Å². The van der Waals surface area contributed by atoms with Crippen molar-refractivity contribution < 1.29 is 4.79 Å². The molecular weight excluding hydrogens is 282 g/mol. The fraction of sp³-hybridized carbons (Fsp3) is 0.167. The van der Waals surface area contributed by atoms with Crippen LogP contribution in [0.5, 0.6) is 0 Å². The lowest BCUT2D eigenvalue weighted by molar-refractivity contribution is 0.0950. The molecule has 0 fully saturated rings. The number of hydrogen-bond donors (Lipinski definition) is 2. The van der Waals surface area contributed by atoms with Crippen LogP contribution < -0.4 is 5.32 Å². The number of aromatic amines is 1. The summed E-state index contributed by atoms with van der Waals surface area (Å²) in [7, 11) is 0. The van der Waals surface area contributed by atoms with Gasteiger partial charge in [-0.25, -0.2) is 0 Å². The molecule has 1 heterocycles. The van der Waals surface area contributed by atoms with Gasteiger partial charge in [0, 0.05) is 28.3 Å². The zero-order valence-electron chi connectivity index (χ0n) is 9.33. The van der Waals surface area contributed by atoms with Crippen LogP contribution in [0.1, 0.15) is 21.5 Å². The molecule has 0 saturated carbocycles. The van der Waals surface area contributed by atoms with Crippen molar-refractivity contribution in [3.63, 3.8) is 0 Å². The van der Waals surface area contributed by atoms with Gasteiger partial charge in [0.05, 0.1) is 6.20 Å². The first-order valence-electron chi connectivity index (χ1n) is 5.19. The molecule has 0 aliphatic carbocycles. The number of nitrogens with one attached hydrogen (secondary N) is 2. The lowest BCUT2D eigenvalue weighted by Crippen LogP contribution is -2.23. The lowest BCUT2D eigenvalue weighted by Gasteiger charge is -2.07. The molecule has 4 nitrogen and oxygen atoms in total. The zero-order chi connectivity index (χ0) is 12.3. The van der Waals surface area contributed by atoms with E-state index in [1.165, 1.54) is 0 Å². The van der Waals surface area contributed by atoms with E-state index in [2.05, 4.69) is 31.4 Å². The van der Waals surface area contributed by atoms with E-state index >= 15 is 0 Å². The Hall–Kier alpha value is -1.62. The van der Waals surface area contributed by atoms with E-state index in [4.69, 9.17) is 0 Å². The molecule has 2 rings (SSSR count). The van der Waals surface area contributed by atoms with Gasteiger partial charge < -0.3 is 5.32 Å². The number of aromatic nitrogens is 2. The summed E-state index contributed by atoms with van der Waals surface area (Å²) in [6, 6.07) is 5.65. The molecule has 17 heavy (non-hydrogen) atoms. The van der Waals surface area contributed by atoms with Crippen molar-refractivity contribution in [2.24, 2.45) is 0 Å². The van der Waals surface area contributed by atoms with E-state index in [9.17, 15) is 4.79 Å². The number of H-pyrrole nitrogens is 1. The molecule has 0 spiro atoms. The van der Waals surface area contributed by atoms with Gasteiger partial charge >= 0.3 is 0 Å². The summed E-state index contributed by atoms with van der Waals surface area (Å²) in [5.41, 5.74) is 2.59. The molecular formula is C12H12BrN3O. The third-order valence-corrected chi connectivity index (χ3v) is 2.95. The standard InChI is InChI=1S/C12H12BrN3O/c1-8-2-3-10(13)4-11(8)12(17)14-5-9-6-15-16-7-9/h2-4,6-7H,5H2,1H3,(H,14,17)(H,15,16). The maximum Gasteiger partial charge on any atom is 0.251 e. The highest BCUT2D eigenvalue weighted by atomic mass is 79.9. The van der Waals surface area contributed by atoms with Crippen molar-refractivity contribution in [3.05, 3.63) is 51.8 Å². The monoisotopic (exact) mass is 293 g/mol. The maximum absolute atomic E-state index is 12.0. The topological polar surface area (TPSA) is 57.8 Å². The van der Waals surface area contributed by atoms with Crippen LogP contribution in [0.2, 0.25) is 0 Å². The van der Waals surface area contributed by atoms with Gasteiger partial charge in [0.25, 0.3) is 5.91 Å². The Kier molecular flexibility index (Phi) is 3.58. The molecule has 2 aromatic rings. The largest absolute Gasteiger partial charge is 0.348 e. The summed E-state index contributed by atoms with van der Waals surface area (Å²) in [5.74, 6) is -0.0787. The van der Waals surface area contributed by atoms with Gasteiger partial charge in [0.2, 0.25) is 0 Å². The first-order chi connectivity index (χ1) is 8.16. The Morgan fingerprint density at radius 2 is 2.35 bits per heavy atom. The summed E-state index contributed by atoms with van der Waals surface area (Å²) in [5, 5.41) is 9.38. The van der Waals surface area contributed by atoms with E-state index in [0.717, 1.165) is 15.6 Å². The molecule has 0 radical (unpaired) electrons. The van der Waals surface area contributed by atoms with Gasteiger partial charge in [-0.1, -0.05) is 22.0 Å². The van der Waals surface area contributed by atoms with Gasteiger partial charge in [-0.05, 0) is 24.6 Å². The summed E-state index contributed by atoms with van der Waals surface area (Å²) in [6.07, 6.45) is 3.45. The van der Waals surface area contributed by atoms with Crippen LogP contribution in [0.4, 0.5) is 0 Å².